The number of halogens is 4. The van der Waals surface area contributed by atoms with Crippen LogP contribution in [-0.2, 0) is 7.05 Å². The Hall–Kier alpha value is -0.750. The molecule has 0 radical (unpaired) electrons. The molecule has 0 spiro atoms. The maximum absolute atomic E-state index is 12.0. The highest BCUT2D eigenvalue weighted by atomic mass is 35.5. The molecule has 1 atom stereocenters. The highest BCUT2D eigenvalue weighted by Gasteiger charge is 2.42. The SMILES string of the molecule is Cn1cnc(Cl)c1C(O)C(F)(F)F. The Kier molecular flexibility index (Phi) is 2.53. The van der Waals surface area contributed by atoms with Gasteiger partial charge in [0.2, 0.25) is 0 Å². The summed E-state index contributed by atoms with van der Waals surface area (Å²) < 4.78 is 37.1. The van der Waals surface area contributed by atoms with Gasteiger partial charge in [-0.05, 0) is 0 Å². The van der Waals surface area contributed by atoms with Crippen LogP contribution in [0.4, 0.5) is 13.2 Å². The number of imidazole rings is 1. The maximum Gasteiger partial charge on any atom is 0.420 e. The van der Waals surface area contributed by atoms with Crippen molar-refractivity contribution >= 4 is 11.6 Å². The van der Waals surface area contributed by atoms with Crippen LogP contribution in [0.15, 0.2) is 6.33 Å². The van der Waals surface area contributed by atoms with E-state index in [1.165, 1.54) is 7.05 Å². The van der Waals surface area contributed by atoms with Crippen molar-refractivity contribution in [1.82, 2.24) is 9.55 Å². The molecule has 13 heavy (non-hydrogen) atoms. The highest BCUT2D eigenvalue weighted by Crippen LogP contribution is 2.34. The normalized spacial score (nSPS) is 14.6. The van der Waals surface area contributed by atoms with E-state index in [2.05, 4.69) is 4.98 Å². The van der Waals surface area contributed by atoms with Crippen LogP contribution >= 0.6 is 11.6 Å². The zero-order chi connectivity index (χ0) is 10.2. The minimum Gasteiger partial charge on any atom is -0.378 e. The Morgan fingerprint density at radius 2 is 2.15 bits per heavy atom. The summed E-state index contributed by atoms with van der Waals surface area (Å²) in [7, 11) is 1.32. The molecule has 0 aromatic carbocycles. The van der Waals surface area contributed by atoms with Crippen molar-refractivity contribution in [2.24, 2.45) is 7.05 Å². The molecule has 0 aliphatic heterocycles. The fourth-order valence-corrected chi connectivity index (χ4v) is 1.15. The van der Waals surface area contributed by atoms with E-state index >= 15 is 0 Å². The predicted octanol–water partition coefficient (Wildman–Crippen LogP) is 1.67. The van der Waals surface area contributed by atoms with Crippen LogP contribution in [0.3, 0.4) is 0 Å². The van der Waals surface area contributed by atoms with Crippen molar-refractivity contribution < 1.29 is 18.3 Å². The molecule has 3 nitrogen and oxygen atoms in total. The zero-order valence-electron chi connectivity index (χ0n) is 6.51. The van der Waals surface area contributed by atoms with E-state index in [1.54, 1.807) is 0 Å². The molecule has 0 saturated heterocycles. The van der Waals surface area contributed by atoms with E-state index in [9.17, 15) is 13.2 Å². The van der Waals surface area contributed by atoms with Gasteiger partial charge in [0.15, 0.2) is 11.3 Å². The van der Waals surface area contributed by atoms with Gasteiger partial charge < -0.3 is 9.67 Å². The quantitative estimate of drug-likeness (QED) is 0.772. The lowest BCUT2D eigenvalue weighted by molar-refractivity contribution is -0.208. The summed E-state index contributed by atoms with van der Waals surface area (Å²) in [6.45, 7) is 0. The molecule has 0 fully saturated rings. The van der Waals surface area contributed by atoms with Gasteiger partial charge in [-0.2, -0.15) is 13.2 Å². The Morgan fingerprint density at radius 3 is 2.46 bits per heavy atom. The Balaban J connectivity index is 3.08. The van der Waals surface area contributed by atoms with Crippen LogP contribution in [0.5, 0.6) is 0 Å². The summed E-state index contributed by atoms with van der Waals surface area (Å²) in [4.78, 5) is 3.42. The second-order valence-electron chi connectivity index (χ2n) is 2.48. The molecule has 1 unspecified atom stereocenters. The smallest absolute Gasteiger partial charge is 0.378 e. The zero-order valence-corrected chi connectivity index (χ0v) is 7.26. The Morgan fingerprint density at radius 1 is 1.62 bits per heavy atom. The largest absolute Gasteiger partial charge is 0.420 e. The Bertz CT molecular complexity index is 290. The predicted molar refractivity (Wildman–Crippen MR) is 39.2 cm³/mol. The highest BCUT2D eigenvalue weighted by molar-refractivity contribution is 6.30. The van der Waals surface area contributed by atoms with Crippen molar-refractivity contribution in [3.8, 4) is 0 Å². The van der Waals surface area contributed by atoms with E-state index in [1.807, 2.05) is 0 Å². The van der Waals surface area contributed by atoms with Crippen LogP contribution in [0.1, 0.15) is 11.8 Å². The van der Waals surface area contributed by atoms with E-state index in [0.717, 1.165) is 10.9 Å². The number of alkyl halides is 3. The molecular weight excluding hydrogens is 209 g/mol. The van der Waals surface area contributed by atoms with Gasteiger partial charge >= 0.3 is 6.18 Å². The number of aromatic nitrogens is 2. The third kappa shape index (κ3) is 1.94. The second kappa shape index (κ2) is 3.19. The lowest BCUT2D eigenvalue weighted by atomic mass is 10.2. The summed E-state index contributed by atoms with van der Waals surface area (Å²) in [6.07, 6.45) is -6.21. The molecule has 0 aliphatic carbocycles. The first kappa shape index (κ1) is 10.3. The van der Waals surface area contributed by atoms with Gasteiger partial charge in [-0.25, -0.2) is 4.98 Å². The number of nitrogens with zero attached hydrogens (tertiary/aromatic N) is 2. The molecule has 7 heteroatoms. The number of aliphatic hydroxyl groups is 1. The molecule has 1 rings (SSSR count). The number of aryl methyl sites for hydroxylation is 1. The van der Waals surface area contributed by atoms with Crippen molar-refractivity contribution in [3.05, 3.63) is 17.2 Å². The van der Waals surface area contributed by atoms with Gasteiger partial charge in [-0.3, -0.25) is 0 Å². The van der Waals surface area contributed by atoms with Gasteiger partial charge in [-0.15, -0.1) is 0 Å². The number of rotatable bonds is 1. The second-order valence-corrected chi connectivity index (χ2v) is 2.83. The van der Waals surface area contributed by atoms with Crippen molar-refractivity contribution in [2.45, 2.75) is 12.3 Å². The molecule has 0 aliphatic rings. The van der Waals surface area contributed by atoms with Gasteiger partial charge in [-0.1, -0.05) is 11.6 Å². The third-order valence-corrected chi connectivity index (χ3v) is 1.80. The molecule has 1 N–H and O–H groups in total. The first-order valence-corrected chi connectivity index (χ1v) is 3.63. The van der Waals surface area contributed by atoms with E-state index in [0.29, 0.717) is 0 Å². The van der Waals surface area contributed by atoms with Crippen LogP contribution in [0.2, 0.25) is 5.15 Å². The van der Waals surface area contributed by atoms with Crippen molar-refractivity contribution in [1.29, 1.82) is 0 Å². The number of hydrogen-bond donors (Lipinski definition) is 1. The van der Waals surface area contributed by atoms with Crippen molar-refractivity contribution in [2.75, 3.05) is 0 Å². The molecule has 1 heterocycles. The van der Waals surface area contributed by atoms with Crippen LogP contribution < -0.4 is 0 Å². The van der Waals surface area contributed by atoms with Crippen LogP contribution in [0, 0.1) is 0 Å². The van der Waals surface area contributed by atoms with Crippen LogP contribution in [0.25, 0.3) is 0 Å². The monoisotopic (exact) mass is 214 g/mol. The van der Waals surface area contributed by atoms with Gasteiger partial charge in [0, 0.05) is 7.05 Å². The molecule has 0 amide bonds. The first-order valence-electron chi connectivity index (χ1n) is 3.25. The summed E-state index contributed by atoms with van der Waals surface area (Å²) in [5, 5.41) is 8.50. The molecule has 0 bridgehead atoms. The average molecular weight is 215 g/mol. The lowest BCUT2D eigenvalue weighted by Gasteiger charge is -2.14. The molecule has 74 valence electrons. The van der Waals surface area contributed by atoms with E-state index in [-0.39, 0.29) is 5.15 Å². The number of hydrogen-bond acceptors (Lipinski definition) is 2. The lowest BCUT2D eigenvalue weighted by Crippen LogP contribution is -2.22. The van der Waals surface area contributed by atoms with Gasteiger partial charge in [0.05, 0.1) is 12.0 Å². The average Bonchev–Trinajstić information content (AvgIpc) is 2.28. The maximum atomic E-state index is 12.0. The number of aliphatic hydroxyl groups excluding tert-OH is 1. The summed E-state index contributed by atoms with van der Waals surface area (Å²) in [5.41, 5.74) is -0.450. The summed E-state index contributed by atoms with van der Waals surface area (Å²) in [6, 6.07) is 0. The molecule has 1 aromatic rings. The standard InChI is InChI=1S/C6H6ClF3N2O/c1-12-2-11-5(7)3(12)4(13)6(8,9)10/h2,4,13H,1H3. The third-order valence-electron chi connectivity index (χ3n) is 1.50. The minimum absolute atomic E-state index is 0.340. The molecule has 1 aromatic heterocycles. The van der Waals surface area contributed by atoms with E-state index < -0.39 is 18.0 Å². The van der Waals surface area contributed by atoms with Crippen LogP contribution in [-0.4, -0.2) is 20.8 Å². The topological polar surface area (TPSA) is 38.0 Å². The molecular formula is C6H6ClF3N2O. The summed E-state index contributed by atoms with van der Waals surface area (Å²) >= 11 is 5.35. The Labute approximate surface area is 76.8 Å². The fraction of sp³-hybridized carbons (Fsp3) is 0.500. The minimum atomic E-state index is -4.72. The summed E-state index contributed by atoms with van der Waals surface area (Å²) in [5.74, 6) is 0. The van der Waals surface area contributed by atoms with E-state index in [4.69, 9.17) is 16.7 Å². The van der Waals surface area contributed by atoms with Gasteiger partial charge in [0.1, 0.15) is 0 Å². The fourth-order valence-electron chi connectivity index (χ4n) is 0.872. The first-order chi connectivity index (χ1) is 5.84. The van der Waals surface area contributed by atoms with Crippen molar-refractivity contribution in [3.63, 3.8) is 0 Å². The van der Waals surface area contributed by atoms with Gasteiger partial charge in [0.25, 0.3) is 0 Å². The molecule has 0 saturated carbocycles.